The number of rotatable bonds is 4. The molecule has 98 valence electrons. The van der Waals surface area contributed by atoms with Gasteiger partial charge < -0.3 is 10.4 Å². The number of carbonyl (C=O) groups excluding carboxylic acids is 1. The Hall–Kier alpha value is -2.28. The van der Waals surface area contributed by atoms with Gasteiger partial charge in [-0.2, -0.15) is 0 Å². The number of hydrogen-bond donors (Lipinski definition) is 2. The van der Waals surface area contributed by atoms with E-state index < -0.39 is 5.97 Å². The van der Waals surface area contributed by atoms with Crippen molar-refractivity contribution in [3.05, 3.63) is 40.4 Å². The van der Waals surface area contributed by atoms with Crippen LogP contribution < -0.4 is 5.32 Å². The number of carboxylic acids is 1. The van der Waals surface area contributed by atoms with Gasteiger partial charge in [0.2, 0.25) is 0 Å². The molecule has 2 N–H and O–H groups in total. The fourth-order valence-corrected chi connectivity index (χ4v) is 2.13. The van der Waals surface area contributed by atoms with E-state index in [1.807, 2.05) is 0 Å². The van der Waals surface area contributed by atoms with Gasteiger partial charge in [0, 0.05) is 5.69 Å². The SMILES string of the molecule is Cc1nnsc1C(=O)Nc1ccccc1CC(=O)O. The number of nitrogens with zero attached hydrogens (tertiary/aromatic N) is 2. The van der Waals surface area contributed by atoms with Crippen molar-refractivity contribution in [1.29, 1.82) is 0 Å². The highest BCUT2D eigenvalue weighted by atomic mass is 32.1. The summed E-state index contributed by atoms with van der Waals surface area (Å²) in [7, 11) is 0. The summed E-state index contributed by atoms with van der Waals surface area (Å²) in [5, 5.41) is 15.3. The minimum Gasteiger partial charge on any atom is -0.481 e. The van der Waals surface area contributed by atoms with E-state index in [0.717, 1.165) is 11.5 Å². The van der Waals surface area contributed by atoms with E-state index in [-0.39, 0.29) is 12.3 Å². The first-order valence-electron chi connectivity index (χ1n) is 5.48. The molecule has 6 nitrogen and oxygen atoms in total. The molecule has 0 saturated heterocycles. The second-order valence-corrected chi connectivity index (χ2v) is 4.62. The van der Waals surface area contributed by atoms with Crippen LogP contribution in [0.25, 0.3) is 0 Å². The predicted molar refractivity (Wildman–Crippen MR) is 70.4 cm³/mol. The molecule has 0 unspecified atom stereocenters. The maximum atomic E-state index is 12.0. The van der Waals surface area contributed by atoms with Gasteiger partial charge in [0.15, 0.2) is 0 Å². The van der Waals surface area contributed by atoms with Crippen molar-refractivity contribution in [2.24, 2.45) is 0 Å². The van der Waals surface area contributed by atoms with Gasteiger partial charge in [-0.25, -0.2) is 0 Å². The van der Waals surface area contributed by atoms with Crippen molar-refractivity contribution in [1.82, 2.24) is 9.59 Å². The predicted octanol–water partition coefficient (Wildman–Crippen LogP) is 1.73. The third-order valence-corrected chi connectivity index (χ3v) is 3.29. The van der Waals surface area contributed by atoms with Crippen molar-refractivity contribution in [3.63, 3.8) is 0 Å². The highest BCUT2D eigenvalue weighted by Gasteiger charge is 2.15. The Morgan fingerprint density at radius 3 is 2.74 bits per heavy atom. The number of carboxylic acid groups (broad SMARTS) is 1. The van der Waals surface area contributed by atoms with Crippen LogP contribution in [0.5, 0.6) is 0 Å². The van der Waals surface area contributed by atoms with Gasteiger partial charge in [-0.3, -0.25) is 9.59 Å². The van der Waals surface area contributed by atoms with Crippen LogP contribution in [0, 0.1) is 6.92 Å². The molecule has 0 radical (unpaired) electrons. The number of carbonyl (C=O) groups is 2. The monoisotopic (exact) mass is 277 g/mol. The number of para-hydroxylation sites is 1. The van der Waals surface area contributed by atoms with Crippen LogP contribution in [0.2, 0.25) is 0 Å². The van der Waals surface area contributed by atoms with E-state index in [4.69, 9.17) is 5.11 Å². The Morgan fingerprint density at radius 2 is 2.11 bits per heavy atom. The number of aromatic nitrogens is 2. The third kappa shape index (κ3) is 3.14. The number of aryl methyl sites for hydroxylation is 1. The van der Waals surface area contributed by atoms with Crippen molar-refractivity contribution in [2.75, 3.05) is 5.32 Å². The lowest BCUT2D eigenvalue weighted by Crippen LogP contribution is -2.14. The topological polar surface area (TPSA) is 92.2 Å². The molecular weight excluding hydrogens is 266 g/mol. The van der Waals surface area contributed by atoms with Crippen molar-refractivity contribution in [3.8, 4) is 0 Å². The number of benzene rings is 1. The lowest BCUT2D eigenvalue weighted by molar-refractivity contribution is -0.136. The first kappa shape index (κ1) is 13.2. The van der Waals surface area contributed by atoms with E-state index in [2.05, 4.69) is 14.9 Å². The molecule has 0 atom stereocenters. The molecule has 0 bridgehead atoms. The van der Waals surface area contributed by atoms with Crippen molar-refractivity contribution >= 4 is 29.1 Å². The molecule has 0 fully saturated rings. The van der Waals surface area contributed by atoms with Gasteiger partial charge in [-0.05, 0) is 30.1 Å². The van der Waals surface area contributed by atoms with Crippen LogP contribution >= 0.6 is 11.5 Å². The number of aliphatic carboxylic acids is 1. The van der Waals surface area contributed by atoms with Crippen LogP contribution in [-0.4, -0.2) is 26.6 Å². The molecule has 2 aromatic rings. The summed E-state index contributed by atoms with van der Waals surface area (Å²) in [6.07, 6.45) is -0.142. The zero-order chi connectivity index (χ0) is 13.8. The summed E-state index contributed by atoms with van der Waals surface area (Å²) in [6.45, 7) is 1.70. The fraction of sp³-hybridized carbons (Fsp3) is 0.167. The van der Waals surface area contributed by atoms with E-state index in [1.165, 1.54) is 0 Å². The summed E-state index contributed by atoms with van der Waals surface area (Å²) >= 11 is 1.01. The second-order valence-electron chi connectivity index (χ2n) is 3.87. The molecule has 1 aromatic heterocycles. The summed E-state index contributed by atoms with van der Waals surface area (Å²) in [4.78, 5) is 23.2. The lowest BCUT2D eigenvalue weighted by atomic mass is 10.1. The standard InChI is InChI=1S/C12H11N3O3S/c1-7-11(19-15-14-7)12(18)13-9-5-3-2-4-8(9)6-10(16)17/h2-5H,6H2,1H3,(H,13,18)(H,16,17). The zero-order valence-electron chi connectivity index (χ0n) is 10.1. The first-order chi connectivity index (χ1) is 9.08. The number of anilines is 1. The number of hydrogen-bond acceptors (Lipinski definition) is 5. The van der Waals surface area contributed by atoms with Crippen molar-refractivity contribution < 1.29 is 14.7 Å². The van der Waals surface area contributed by atoms with Gasteiger partial charge in [0.25, 0.3) is 5.91 Å². The van der Waals surface area contributed by atoms with Gasteiger partial charge in [0.05, 0.1) is 12.1 Å². The smallest absolute Gasteiger partial charge is 0.307 e. The van der Waals surface area contributed by atoms with Gasteiger partial charge >= 0.3 is 5.97 Å². The van der Waals surface area contributed by atoms with E-state index in [0.29, 0.717) is 21.8 Å². The first-order valence-corrected chi connectivity index (χ1v) is 6.25. The molecule has 0 aliphatic carbocycles. The Kier molecular flexibility index (Phi) is 3.86. The average Bonchev–Trinajstić information content (AvgIpc) is 2.77. The molecule has 0 saturated carbocycles. The zero-order valence-corrected chi connectivity index (χ0v) is 10.9. The molecule has 0 spiro atoms. The van der Waals surface area contributed by atoms with Crippen LogP contribution in [-0.2, 0) is 11.2 Å². The van der Waals surface area contributed by atoms with E-state index in [1.54, 1.807) is 31.2 Å². The molecule has 1 amide bonds. The molecule has 19 heavy (non-hydrogen) atoms. The summed E-state index contributed by atoms with van der Waals surface area (Å²) in [5.74, 6) is -1.28. The molecule has 2 rings (SSSR count). The summed E-state index contributed by atoms with van der Waals surface area (Å²) < 4.78 is 3.69. The summed E-state index contributed by atoms with van der Waals surface area (Å²) in [6, 6.07) is 6.80. The van der Waals surface area contributed by atoms with Crippen LogP contribution in [0.4, 0.5) is 5.69 Å². The van der Waals surface area contributed by atoms with Gasteiger partial charge in [-0.1, -0.05) is 22.7 Å². The van der Waals surface area contributed by atoms with Crippen LogP contribution in [0.3, 0.4) is 0 Å². The highest BCUT2D eigenvalue weighted by Crippen LogP contribution is 2.18. The Labute approximate surface area is 113 Å². The molecule has 1 aromatic carbocycles. The average molecular weight is 277 g/mol. The molecule has 0 aliphatic heterocycles. The minimum atomic E-state index is -0.947. The Morgan fingerprint density at radius 1 is 1.37 bits per heavy atom. The summed E-state index contributed by atoms with van der Waals surface area (Å²) in [5.41, 5.74) is 1.60. The maximum Gasteiger partial charge on any atom is 0.307 e. The normalized spacial score (nSPS) is 10.2. The van der Waals surface area contributed by atoms with Crippen LogP contribution in [0.15, 0.2) is 24.3 Å². The van der Waals surface area contributed by atoms with E-state index >= 15 is 0 Å². The Balaban J connectivity index is 2.22. The van der Waals surface area contributed by atoms with Gasteiger partial charge in [-0.15, -0.1) is 5.10 Å². The number of nitrogens with one attached hydrogen (secondary N) is 1. The highest BCUT2D eigenvalue weighted by molar-refractivity contribution is 7.08. The Bertz CT molecular complexity index is 624. The quantitative estimate of drug-likeness (QED) is 0.887. The number of amides is 1. The molecule has 1 heterocycles. The largest absolute Gasteiger partial charge is 0.481 e. The second kappa shape index (κ2) is 5.57. The van der Waals surface area contributed by atoms with E-state index in [9.17, 15) is 9.59 Å². The minimum absolute atomic E-state index is 0.142. The van der Waals surface area contributed by atoms with Crippen LogP contribution in [0.1, 0.15) is 20.9 Å². The lowest BCUT2D eigenvalue weighted by Gasteiger charge is -2.08. The van der Waals surface area contributed by atoms with Crippen molar-refractivity contribution in [2.45, 2.75) is 13.3 Å². The molecular formula is C12H11N3O3S. The molecule has 0 aliphatic rings. The third-order valence-electron chi connectivity index (χ3n) is 2.47. The maximum absolute atomic E-state index is 12.0. The van der Waals surface area contributed by atoms with Gasteiger partial charge in [0.1, 0.15) is 4.88 Å². The molecule has 7 heteroatoms. The fourth-order valence-electron chi connectivity index (χ4n) is 1.58.